The van der Waals surface area contributed by atoms with E-state index in [2.05, 4.69) is 17.1 Å². The number of nitro benzene ring substituents is 1. The number of non-ortho nitro benzene ring substituents is 1. The Morgan fingerprint density at radius 3 is 2.54 bits per heavy atom. The van der Waals surface area contributed by atoms with Crippen molar-refractivity contribution in [3.63, 3.8) is 0 Å². The smallest absolute Gasteiger partial charge is 0.271 e. The third-order valence-electron chi connectivity index (χ3n) is 4.81. The van der Waals surface area contributed by atoms with Gasteiger partial charge in [-0.15, -0.1) is 0 Å². The van der Waals surface area contributed by atoms with Gasteiger partial charge < -0.3 is 5.32 Å². The molecule has 1 amide bonds. The van der Waals surface area contributed by atoms with Crippen molar-refractivity contribution < 1.29 is 9.72 Å². The molecule has 0 aliphatic carbocycles. The van der Waals surface area contributed by atoms with Gasteiger partial charge in [-0.1, -0.05) is 25.1 Å². The van der Waals surface area contributed by atoms with Crippen LogP contribution in [0.5, 0.6) is 0 Å². The Labute approximate surface area is 153 Å². The second kappa shape index (κ2) is 8.10. The molecule has 2 aromatic rings. The molecule has 6 heteroatoms. The highest BCUT2D eigenvalue weighted by Gasteiger charge is 2.16. The lowest BCUT2D eigenvalue weighted by atomic mass is 9.99. The molecule has 0 aromatic heterocycles. The van der Waals surface area contributed by atoms with Crippen molar-refractivity contribution in [3.05, 3.63) is 69.8 Å². The van der Waals surface area contributed by atoms with Crippen LogP contribution in [0.25, 0.3) is 0 Å². The monoisotopic (exact) mass is 353 g/mol. The molecule has 0 bridgehead atoms. The highest BCUT2D eigenvalue weighted by Crippen LogP contribution is 2.20. The van der Waals surface area contributed by atoms with Gasteiger partial charge in [0.15, 0.2) is 0 Å². The van der Waals surface area contributed by atoms with Crippen LogP contribution in [0, 0.1) is 16.0 Å². The number of amides is 1. The summed E-state index contributed by atoms with van der Waals surface area (Å²) in [7, 11) is 0. The minimum atomic E-state index is -0.480. The van der Waals surface area contributed by atoms with Crippen LogP contribution in [-0.2, 0) is 6.54 Å². The molecular weight excluding hydrogens is 330 g/mol. The number of piperidine rings is 1. The number of benzene rings is 2. The third kappa shape index (κ3) is 4.67. The fourth-order valence-electron chi connectivity index (χ4n) is 3.14. The number of nitrogens with zero attached hydrogens (tertiary/aromatic N) is 2. The maximum absolute atomic E-state index is 12.3. The van der Waals surface area contributed by atoms with Crippen molar-refractivity contribution in [2.45, 2.75) is 26.3 Å². The molecule has 3 rings (SSSR count). The first kappa shape index (κ1) is 18.1. The van der Waals surface area contributed by atoms with Crippen molar-refractivity contribution >= 4 is 17.3 Å². The first-order valence-corrected chi connectivity index (χ1v) is 8.88. The van der Waals surface area contributed by atoms with E-state index >= 15 is 0 Å². The molecule has 6 nitrogen and oxygen atoms in total. The average Bonchev–Trinajstić information content (AvgIpc) is 2.64. The first-order chi connectivity index (χ1) is 12.5. The Balaban J connectivity index is 1.60. The molecule has 0 atom stereocenters. The molecule has 136 valence electrons. The molecule has 0 radical (unpaired) electrons. The number of hydrogen-bond acceptors (Lipinski definition) is 4. The van der Waals surface area contributed by atoms with Gasteiger partial charge in [-0.3, -0.25) is 19.8 Å². The van der Waals surface area contributed by atoms with E-state index in [4.69, 9.17) is 0 Å². The van der Waals surface area contributed by atoms with Crippen molar-refractivity contribution in [1.29, 1.82) is 0 Å². The predicted octanol–water partition coefficient (Wildman–Crippen LogP) is 4.08. The number of carbonyl (C=O) groups is 1. The van der Waals surface area contributed by atoms with Gasteiger partial charge in [0, 0.05) is 29.9 Å². The number of rotatable bonds is 5. The molecule has 1 saturated heterocycles. The Hall–Kier alpha value is -2.73. The fraction of sp³-hybridized carbons (Fsp3) is 0.350. The normalized spacial score (nSPS) is 15.6. The van der Waals surface area contributed by atoms with E-state index in [1.165, 1.54) is 30.5 Å². The second-order valence-corrected chi connectivity index (χ2v) is 6.92. The number of likely N-dealkylation sites (tertiary alicyclic amines) is 1. The predicted molar refractivity (Wildman–Crippen MR) is 101 cm³/mol. The lowest BCUT2D eigenvalue weighted by Crippen LogP contribution is -2.32. The molecule has 1 N–H and O–H groups in total. The quantitative estimate of drug-likeness (QED) is 0.649. The van der Waals surface area contributed by atoms with Gasteiger partial charge in [0.2, 0.25) is 0 Å². The zero-order valence-corrected chi connectivity index (χ0v) is 14.9. The van der Waals surface area contributed by atoms with Gasteiger partial charge in [-0.2, -0.15) is 0 Å². The molecule has 1 aliphatic rings. The van der Waals surface area contributed by atoms with Gasteiger partial charge in [0.1, 0.15) is 0 Å². The van der Waals surface area contributed by atoms with Crippen LogP contribution in [0.3, 0.4) is 0 Å². The van der Waals surface area contributed by atoms with Crippen LogP contribution < -0.4 is 5.32 Å². The summed E-state index contributed by atoms with van der Waals surface area (Å²) in [5.74, 6) is 0.537. The van der Waals surface area contributed by atoms with Crippen molar-refractivity contribution in [2.75, 3.05) is 18.4 Å². The Bertz CT molecular complexity index is 781. The van der Waals surface area contributed by atoms with E-state index in [0.717, 1.165) is 25.6 Å². The highest BCUT2D eigenvalue weighted by atomic mass is 16.6. The topological polar surface area (TPSA) is 75.5 Å². The van der Waals surface area contributed by atoms with E-state index in [9.17, 15) is 14.9 Å². The van der Waals surface area contributed by atoms with Gasteiger partial charge in [0.05, 0.1) is 4.92 Å². The largest absolute Gasteiger partial charge is 0.322 e. The number of nitrogens with one attached hydrogen (secondary N) is 1. The van der Waals surface area contributed by atoms with Gasteiger partial charge in [0.25, 0.3) is 11.6 Å². The maximum atomic E-state index is 12.3. The van der Waals surface area contributed by atoms with Crippen LogP contribution in [0.2, 0.25) is 0 Å². The Morgan fingerprint density at radius 1 is 1.19 bits per heavy atom. The lowest BCUT2D eigenvalue weighted by Gasteiger charge is -2.30. The van der Waals surface area contributed by atoms with E-state index in [1.54, 1.807) is 24.3 Å². The average molecular weight is 353 g/mol. The summed E-state index contributed by atoms with van der Waals surface area (Å²) >= 11 is 0. The summed E-state index contributed by atoms with van der Waals surface area (Å²) in [6, 6.07) is 13.5. The van der Waals surface area contributed by atoms with Gasteiger partial charge in [-0.05, 0) is 55.6 Å². The summed E-state index contributed by atoms with van der Waals surface area (Å²) in [5.41, 5.74) is 2.09. The first-order valence-electron chi connectivity index (χ1n) is 8.88. The molecule has 26 heavy (non-hydrogen) atoms. The zero-order valence-electron chi connectivity index (χ0n) is 14.9. The van der Waals surface area contributed by atoms with Crippen LogP contribution in [0.15, 0.2) is 48.5 Å². The van der Waals surface area contributed by atoms with Crippen LogP contribution >= 0.6 is 0 Å². The number of carbonyl (C=O) groups excluding carboxylic acids is 1. The zero-order chi connectivity index (χ0) is 18.5. The van der Waals surface area contributed by atoms with E-state index in [-0.39, 0.29) is 11.6 Å². The summed E-state index contributed by atoms with van der Waals surface area (Å²) in [6.07, 6.45) is 2.48. The second-order valence-electron chi connectivity index (χ2n) is 6.92. The lowest BCUT2D eigenvalue weighted by molar-refractivity contribution is -0.384. The van der Waals surface area contributed by atoms with Gasteiger partial charge in [-0.25, -0.2) is 0 Å². The standard InChI is InChI=1S/C20H23N3O3/c1-15-9-11-22(12-10-15)14-16-5-7-17(8-6-16)20(24)21-18-3-2-4-19(13-18)23(25)26/h2-8,13,15H,9-12,14H2,1H3,(H,21,24). The summed E-state index contributed by atoms with van der Waals surface area (Å²) in [4.78, 5) is 25.1. The van der Waals surface area contributed by atoms with Crippen LogP contribution in [0.1, 0.15) is 35.7 Å². The molecular formula is C20H23N3O3. The summed E-state index contributed by atoms with van der Waals surface area (Å²) in [6.45, 7) is 5.44. The van der Waals surface area contributed by atoms with Crippen molar-refractivity contribution in [2.24, 2.45) is 5.92 Å². The molecule has 1 fully saturated rings. The molecule has 0 saturated carbocycles. The summed E-state index contributed by atoms with van der Waals surface area (Å²) in [5, 5.41) is 13.5. The van der Waals surface area contributed by atoms with E-state index in [0.29, 0.717) is 11.3 Å². The number of anilines is 1. The Kier molecular flexibility index (Phi) is 5.63. The molecule has 2 aromatic carbocycles. The molecule has 1 heterocycles. The van der Waals surface area contributed by atoms with E-state index < -0.39 is 4.92 Å². The van der Waals surface area contributed by atoms with Crippen molar-refractivity contribution in [3.8, 4) is 0 Å². The summed E-state index contributed by atoms with van der Waals surface area (Å²) < 4.78 is 0. The number of nitro groups is 1. The fourth-order valence-corrected chi connectivity index (χ4v) is 3.14. The number of hydrogen-bond donors (Lipinski definition) is 1. The third-order valence-corrected chi connectivity index (χ3v) is 4.81. The van der Waals surface area contributed by atoms with Crippen molar-refractivity contribution in [1.82, 2.24) is 4.90 Å². The van der Waals surface area contributed by atoms with Gasteiger partial charge >= 0.3 is 0 Å². The molecule has 0 unspecified atom stereocenters. The molecule has 0 spiro atoms. The Morgan fingerprint density at radius 2 is 1.88 bits per heavy atom. The van der Waals surface area contributed by atoms with Crippen LogP contribution in [0.4, 0.5) is 11.4 Å². The van der Waals surface area contributed by atoms with E-state index in [1.807, 2.05) is 12.1 Å². The van der Waals surface area contributed by atoms with Crippen LogP contribution in [-0.4, -0.2) is 28.8 Å². The molecule has 1 aliphatic heterocycles. The maximum Gasteiger partial charge on any atom is 0.271 e. The minimum absolute atomic E-state index is 0.0472. The SMILES string of the molecule is CC1CCN(Cc2ccc(C(=O)Nc3cccc([N+](=O)[O-])c3)cc2)CC1. The minimum Gasteiger partial charge on any atom is -0.322 e. The highest BCUT2D eigenvalue weighted by molar-refractivity contribution is 6.04.